The summed E-state index contributed by atoms with van der Waals surface area (Å²) in [6.07, 6.45) is 2.15. The molecule has 2 aromatic carbocycles. The number of carbonyl (C=O) groups is 1. The van der Waals surface area contributed by atoms with Crippen LogP contribution in [0.15, 0.2) is 42.0 Å². The van der Waals surface area contributed by atoms with Crippen molar-refractivity contribution in [3.05, 3.63) is 75.4 Å². The van der Waals surface area contributed by atoms with Crippen molar-refractivity contribution in [1.29, 1.82) is 10.7 Å². The van der Waals surface area contributed by atoms with Crippen molar-refractivity contribution in [2.45, 2.75) is 39.5 Å². The molecule has 1 heterocycles. The van der Waals surface area contributed by atoms with Crippen LogP contribution in [-0.4, -0.2) is 29.6 Å². The van der Waals surface area contributed by atoms with Gasteiger partial charge in [0.05, 0.1) is 11.6 Å². The Morgan fingerprint density at radius 1 is 1.10 bits per heavy atom. The number of hydrogen-bond donors (Lipinski definition) is 2. The number of nitrogens with one attached hydrogen (secondary N) is 1. The Kier molecular flexibility index (Phi) is 5.41. The summed E-state index contributed by atoms with van der Waals surface area (Å²) in [5, 5.41) is 17.1. The second-order valence-corrected chi connectivity index (χ2v) is 8.85. The molecule has 1 aliphatic carbocycles. The first-order valence-electron chi connectivity index (χ1n) is 10.8. The Bertz CT molecular complexity index is 1130. The third-order valence-electron chi connectivity index (χ3n) is 6.45. The van der Waals surface area contributed by atoms with Gasteiger partial charge in [-0.25, -0.2) is 0 Å². The van der Waals surface area contributed by atoms with Crippen molar-refractivity contribution < 1.29 is 4.79 Å². The second-order valence-electron chi connectivity index (χ2n) is 8.85. The minimum atomic E-state index is 0.0241. The monoisotopic (exact) mass is 412 g/mol. The highest BCUT2D eigenvalue weighted by molar-refractivity contribution is 6.04. The van der Waals surface area contributed by atoms with Crippen LogP contribution >= 0.6 is 0 Å². The van der Waals surface area contributed by atoms with Crippen molar-refractivity contribution in [2.75, 3.05) is 13.1 Å². The van der Waals surface area contributed by atoms with E-state index in [1.54, 1.807) is 6.92 Å². The molecule has 5 nitrogen and oxygen atoms in total. The third kappa shape index (κ3) is 3.98. The van der Waals surface area contributed by atoms with Gasteiger partial charge in [0, 0.05) is 41.5 Å². The van der Waals surface area contributed by atoms with Crippen molar-refractivity contribution in [2.24, 2.45) is 11.7 Å². The molecular formula is C26H28N4O. The van der Waals surface area contributed by atoms with E-state index >= 15 is 0 Å². The smallest absolute Gasteiger partial charge is 0.254 e. The Balaban J connectivity index is 1.57. The number of nitrogens with zero attached hydrogens (tertiary/aromatic N) is 2. The van der Waals surface area contributed by atoms with Gasteiger partial charge in [-0.1, -0.05) is 18.2 Å². The Labute approximate surface area is 183 Å². The fraction of sp³-hybridized carbons (Fsp3) is 0.346. The summed E-state index contributed by atoms with van der Waals surface area (Å²) in [5.74, 6) is 0.700. The van der Waals surface area contributed by atoms with Crippen LogP contribution in [-0.2, 0) is 0 Å². The number of carbonyl (C=O) groups excluding carboxylic acids is 1. The van der Waals surface area contributed by atoms with E-state index in [9.17, 15) is 4.79 Å². The maximum Gasteiger partial charge on any atom is 0.254 e. The molecule has 5 heteroatoms. The van der Waals surface area contributed by atoms with Gasteiger partial charge in [-0.15, -0.1) is 0 Å². The highest BCUT2D eigenvalue weighted by Gasteiger charge is 2.34. The first kappa shape index (κ1) is 20.9. The van der Waals surface area contributed by atoms with E-state index in [1.807, 2.05) is 55.1 Å². The van der Waals surface area contributed by atoms with E-state index in [0.29, 0.717) is 47.5 Å². The van der Waals surface area contributed by atoms with E-state index in [4.69, 9.17) is 16.4 Å². The number of rotatable bonds is 5. The predicted octanol–water partition coefficient (Wildman–Crippen LogP) is 4.53. The number of likely N-dealkylation sites (tertiary alicyclic amines) is 1. The van der Waals surface area contributed by atoms with Crippen LogP contribution in [0.1, 0.15) is 63.9 Å². The number of aryl methyl sites for hydroxylation is 2. The molecule has 0 radical (unpaired) electrons. The molecule has 2 aliphatic rings. The molecule has 4 rings (SSSR count). The molecule has 158 valence electrons. The number of benzene rings is 2. The molecule has 1 aliphatic heterocycles. The van der Waals surface area contributed by atoms with Crippen LogP contribution in [0.2, 0.25) is 0 Å². The van der Waals surface area contributed by atoms with Gasteiger partial charge in [0.15, 0.2) is 0 Å². The van der Waals surface area contributed by atoms with Crippen LogP contribution in [0.5, 0.6) is 0 Å². The summed E-state index contributed by atoms with van der Waals surface area (Å²) in [5.41, 5.74) is 13.9. The lowest BCUT2D eigenvalue weighted by atomic mass is 9.89. The van der Waals surface area contributed by atoms with Gasteiger partial charge >= 0.3 is 0 Å². The van der Waals surface area contributed by atoms with E-state index in [0.717, 1.165) is 40.7 Å². The minimum absolute atomic E-state index is 0.0241. The summed E-state index contributed by atoms with van der Waals surface area (Å²) in [6, 6.07) is 13.7. The van der Waals surface area contributed by atoms with Crippen LogP contribution in [0, 0.1) is 36.5 Å². The lowest BCUT2D eigenvalue weighted by Gasteiger charge is -2.40. The Morgan fingerprint density at radius 2 is 1.71 bits per heavy atom. The van der Waals surface area contributed by atoms with Crippen molar-refractivity contribution in [3.63, 3.8) is 0 Å². The first-order valence-corrected chi connectivity index (χ1v) is 10.8. The molecule has 0 atom stereocenters. The maximum absolute atomic E-state index is 13.2. The van der Waals surface area contributed by atoms with E-state index in [-0.39, 0.29) is 5.91 Å². The molecule has 1 amide bonds. The molecule has 0 unspecified atom stereocenters. The number of hydrogen-bond acceptors (Lipinski definition) is 4. The largest absolute Gasteiger partial charge is 0.398 e. The third-order valence-corrected chi connectivity index (χ3v) is 6.45. The zero-order chi connectivity index (χ0) is 22.3. The van der Waals surface area contributed by atoms with Crippen molar-refractivity contribution in [3.8, 4) is 6.07 Å². The minimum Gasteiger partial charge on any atom is -0.398 e. The predicted molar refractivity (Wildman–Crippen MR) is 123 cm³/mol. The molecule has 3 N–H and O–H groups in total. The number of amides is 1. The second kappa shape index (κ2) is 8.03. The Morgan fingerprint density at radius 3 is 2.26 bits per heavy atom. The highest BCUT2D eigenvalue weighted by atomic mass is 16.2. The van der Waals surface area contributed by atoms with Crippen LogP contribution < -0.4 is 5.73 Å². The average Bonchev–Trinajstić information content (AvgIpc) is 3.52. The summed E-state index contributed by atoms with van der Waals surface area (Å²) in [6.45, 7) is 7.11. The fourth-order valence-corrected chi connectivity index (χ4v) is 4.47. The van der Waals surface area contributed by atoms with Crippen LogP contribution in [0.25, 0.3) is 5.70 Å². The normalized spacial score (nSPS) is 16.9. The average molecular weight is 413 g/mol. The summed E-state index contributed by atoms with van der Waals surface area (Å²) in [7, 11) is 0. The Hall–Kier alpha value is -3.39. The van der Waals surface area contributed by atoms with Gasteiger partial charge in [-0.05, 0) is 80.0 Å². The first-order chi connectivity index (χ1) is 14.8. The zero-order valence-electron chi connectivity index (χ0n) is 18.3. The molecule has 2 aromatic rings. The number of nitriles is 1. The van der Waals surface area contributed by atoms with Gasteiger partial charge in [0.1, 0.15) is 0 Å². The van der Waals surface area contributed by atoms with Crippen molar-refractivity contribution >= 4 is 17.3 Å². The zero-order valence-corrected chi connectivity index (χ0v) is 18.3. The fourth-order valence-electron chi connectivity index (χ4n) is 4.47. The summed E-state index contributed by atoms with van der Waals surface area (Å²) in [4.78, 5) is 15.1. The van der Waals surface area contributed by atoms with Gasteiger partial charge in [0.2, 0.25) is 0 Å². The molecular weight excluding hydrogens is 384 g/mol. The van der Waals surface area contributed by atoms with Gasteiger partial charge in [-0.3, -0.25) is 4.79 Å². The summed E-state index contributed by atoms with van der Waals surface area (Å²) >= 11 is 0. The topological polar surface area (TPSA) is 94.0 Å². The molecule has 0 bridgehead atoms. The number of allylic oxidation sites excluding steroid dienone is 1. The highest BCUT2D eigenvalue weighted by Crippen LogP contribution is 2.40. The van der Waals surface area contributed by atoms with Gasteiger partial charge in [-0.2, -0.15) is 5.26 Å². The van der Waals surface area contributed by atoms with Gasteiger partial charge < -0.3 is 16.0 Å². The van der Waals surface area contributed by atoms with Gasteiger partial charge in [0.25, 0.3) is 5.91 Å². The lowest BCUT2D eigenvalue weighted by Crippen LogP contribution is -2.48. The summed E-state index contributed by atoms with van der Waals surface area (Å²) < 4.78 is 0. The molecule has 31 heavy (non-hydrogen) atoms. The van der Waals surface area contributed by atoms with E-state index < -0.39 is 0 Å². The molecule has 0 spiro atoms. The quantitative estimate of drug-likeness (QED) is 0.706. The van der Waals surface area contributed by atoms with Crippen molar-refractivity contribution in [1.82, 2.24) is 4.90 Å². The van der Waals surface area contributed by atoms with E-state index in [2.05, 4.69) is 6.07 Å². The molecule has 1 saturated heterocycles. The molecule has 0 aromatic heterocycles. The maximum atomic E-state index is 13.2. The SMILES string of the molecule is CC(=N)/C(=C(\N)c1cc(C(=O)N2CC(c3ccc(C#N)cc3)C2)c(C)cc1C)C1CC1. The van der Waals surface area contributed by atoms with Crippen LogP contribution in [0.4, 0.5) is 0 Å². The van der Waals surface area contributed by atoms with E-state index in [1.165, 1.54) is 0 Å². The number of nitrogens with two attached hydrogens (primary N) is 1. The molecule has 2 fully saturated rings. The lowest BCUT2D eigenvalue weighted by molar-refractivity contribution is 0.0601. The standard InChI is InChI=1S/C26H28N4O/c1-15-10-16(2)23(11-22(15)25(29)24(17(3)28)20-8-9-20)26(31)30-13-21(14-30)19-6-4-18(12-27)5-7-19/h4-7,10-11,20-21,28H,8-9,13-14,29H2,1-3H3/b25-24+,28-17?. The molecule has 1 saturated carbocycles. The van der Waals surface area contributed by atoms with Crippen LogP contribution in [0.3, 0.4) is 0 Å².